The summed E-state index contributed by atoms with van der Waals surface area (Å²) in [5, 5.41) is 3.23. The zero-order valence-corrected chi connectivity index (χ0v) is 15.7. The first-order chi connectivity index (χ1) is 12.6. The predicted octanol–water partition coefficient (Wildman–Crippen LogP) is 3.00. The first kappa shape index (κ1) is 18.7. The van der Waals surface area contributed by atoms with E-state index in [1.165, 1.54) is 12.8 Å². The summed E-state index contributed by atoms with van der Waals surface area (Å²) in [6, 6.07) is 9.72. The van der Waals surface area contributed by atoms with Gasteiger partial charge in [-0.2, -0.15) is 0 Å². The molecule has 1 N–H and O–H groups in total. The molecule has 1 aromatic rings. The maximum Gasteiger partial charge on any atom is 0.260 e. The van der Waals surface area contributed by atoms with Crippen LogP contribution in [-0.4, -0.2) is 42.5 Å². The summed E-state index contributed by atoms with van der Waals surface area (Å²) in [6.07, 6.45) is 6.10. The van der Waals surface area contributed by atoms with Crippen molar-refractivity contribution in [1.29, 1.82) is 0 Å². The number of nitrogens with one attached hydrogen (secondary N) is 1. The van der Waals surface area contributed by atoms with Crippen LogP contribution in [0.15, 0.2) is 30.3 Å². The van der Waals surface area contributed by atoms with Crippen LogP contribution in [0.2, 0.25) is 0 Å². The Morgan fingerprint density at radius 2 is 1.69 bits per heavy atom. The third-order valence-electron chi connectivity index (χ3n) is 5.69. The van der Waals surface area contributed by atoms with Crippen LogP contribution >= 0.6 is 0 Å². The maximum atomic E-state index is 12.5. The minimum Gasteiger partial charge on any atom is -0.484 e. The number of para-hydroxylation sites is 1. The van der Waals surface area contributed by atoms with Crippen LogP contribution in [0.1, 0.15) is 45.4 Å². The Balaban J connectivity index is 1.38. The average molecular weight is 358 g/mol. The molecule has 2 fully saturated rings. The van der Waals surface area contributed by atoms with Crippen LogP contribution in [-0.2, 0) is 9.59 Å². The quantitative estimate of drug-likeness (QED) is 0.880. The number of piperidine rings is 1. The molecule has 1 saturated heterocycles. The van der Waals surface area contributed by atoms with Crippen LogP contribution in [0.3, 0.4) is 0 Å². The van der Waals surface area contributed by atoms with Gasteiger partial charge in [0.2, 0.25) is 5.91 Å². The molecule has 3 rings (SSSR count). The van der Waals surface area contributed by atoms with E-state index < -0.39 is 0 Å². The van der Waals surface area contributed by atoms with E-state index in [2.05, 4.69) is 12.2 Å². The molecule has 1 saturated carbocycles. The van der Waals surface area contributed by atoms with Crippen molar-refractivity contribution in [2.75, 3.05) is 19.7 Å². The van der Waals surface area contributed by atoms with Gasteiger partial charge in [-0.25, -0.2) is 0 Å². The third kappa shape index (κ3) is 5.23. The highest BCUT2D eigenvalue weighted by Gasteiger charge is 2.29. The summed E-state index contributed by atoms with van der Waals surface area (Å²) in [5.74, 6) is 1.70. The Kier molecular flexibility index (Phi) is 6.53. The molecule has 1 heterocycles. The number of benzene rings is 1. The predicted molar refractivity (Wildman–Crippen MR) is 101 cm³/mol. The number of rotatable bonds is 5. The Bertz CT molecular complexity index is 589. The fraction of sp³-hybridized carbons (Fsp3) is 0.619. The number of hydrogen-bond acceptors (Lipinski definition) is 3. The lowest BCUT2D eigenvalue weighted by molar-refractivity contribution is -0.137. The van der Waals surface area contributed by atoms with Gasteiger partial charge < -0.3 is 15.0 Å². The summed E-state index contributed by atoms with van der Waals surface area (Å²) in [5.41, 5.74) is 0. The van der Waals surface area contributed by atoms with Crippen molar-refractivity contribution in [2.24, 2.45) is 11.8 Å². The second-order valence-corrected chi connectivity index (χ2v) is 7.72. The SMILES string of the molecule is CC1CCC(NC(=O)C2CCN(C(=O)COc3ccccc3)CC2)CC1. The van der Waals surface area contributed by atoms with Crippen molar-refractivity contribution >= 4 is 11.8 Å². The van der Waals surface area contributed by atoms with Gasteiger partial charge in [-0.3, -0.25) is 9.59 Å². The zero-order chi connectivity index (χ0) is 18.4. The van der Waals surface area contributed by atoms with Crippen LogP contribution < -0.4 is 10.1 Å². The molecule has 0 aromatic heterocycles. The van der Waals surface area contributed by atoms with E-state index in [1.54, 1.807) is 0 Å². The first-order valence-corrected chi connectivity index (χ1v) is 9.88. The number of carbonyl (C=O) groups is 2. The number of nitrogens with zero attached hydrogens (tertiary/aromatic N) is 1. The second kappa shape index (κ2) is 9.06. The number of carbonyl (C=O) groups excluding carboxylic acids is 2. The lowest BCUT2D eigenvalue weighted by atomic mass is 9.86. The molecule has 1 aliphatic carbocycles. The standard InChI is InChI=1S/C21H30N2O3/c1-16-7-9-18(10-8-16)22-21(25)17-11-13-23(14-12-17)20(24)15-26-19-5-3-2-4-6-19/h2-6,16-18H,7-15H2,1H3,(H,22,25). The van der Waals surface area contributed by atoms with Gasteiger partial charge in [0.1, 0.15) is 5.75 Å². The van der Waals surface area contributed by atoms with E-state index in [9.17, 15) is 9.59 Å². The first-order valence-electron chi connectivity index (χ1n) is 9.88. The lowest BCUT2D eigenvalue weighted by Crippen LogP contribution is -2.46. The van der Waals surface area contributed by atoms with Crippen molar-refractivity contribution in [3.63, 3.8) is 0 Å². The normalized spacial score (nSPS) is 24.1. The smallest absolute Gasteiger partial charge is 0.260 e. The molecule has 0 atom stereocenters. The zero-order valence-electron chi connectivity index (χ0n) is 15.7. The van der Waals surface area contributed by atoms with Gasteiger partial charge in [0.05, 0.1) is 0 Å². The number of likely N-dealkylation sites (tertiary alicyclic amines) is 1. The van der Waals surface area contributed by atoms with E-state index in [0.29, 0.717) is 24.9 Å². The monoisotopic (exact) mass is 358 g/mol. The Labute approximate surface area is 156 Å². The largest absolute Gasteiger partial charge is 0.484 e. The van der Waals surface area contributed by atoms with Crippen LogP contribution in [0.4, 0.5) is 0 Å². The van der Waals surface area contributed by atoms with Crippen LogP contribution in [0.5, 0.6) is 5.75 Å². The molecule has 5 nitrogen and oxygen atoms in total. The van der Waals surface area contributed by atoms with Crippen molar-refractivity contribution in [3.8, 4) is 5.75 Å². The summed E-state index contributed by atoms with van der Waals surface area (Å²) in [4.78, 5) is 26.6. The van der Waals surface area contributed by atoms with Crippen molar-refractivity contribution in [2.45, 2.75) is 51.5 Å². The van der Waals surface area contributed by atoms with Gasteiger partial charge in [-0.1, -0.05) is 25.1 Å². The highest BCUT2D eigenvalue weighted by Crippen LogP contribution is 2.25. The van der Waals surface area contributed by atoms with Crippen molar-refractivity contribution < 1.29 is 14.3 Å². The van der Waals surface area contributed by atoms with Gasteiger partial charge >= 0.3 is 0 Å². The summed E-state index contributed by atoms with van der Waals surface area (Å²) >= 11 is 0. The summed E-state index contributed by atoms with van der Waals surface area (Å²) in [7, 11) is 0. The van der Waals surface area contributed by atoms with Crippen molar-refractivity contribution in [1.82, 2.24) is 10.2 Å². The molecule has 1 aromatic carbocycles. The molecule has 2 amide bonds. The fourth-order valence-corrected chi connectivity index (χ4v) is 3.87. The molecule has 5 heteroatoms. The Morgan fingerprint density at radius 3 is 2.35 bits per heavy atom. The highest BCUT2D eigenvalue weighted by molar-refractivity contribution is 5.80. The molecular formula is C21H30N2O3. The minimum absolute atomic E-state index is 0.00557. The van der Waals surface area contributed by atoms with Gasteiger partial charge in [-0.15, -0.1) is 0 Å². The number of amides is 2. The molecular weight excluding hydrogens is 328 g/mol. The second-order valence-electron chi connectivity index (χ2n) is 7.72. The lowest BCUT2D eigenvalue weighted by Gasteiger charge is -2.33. The highest BCUT2D eigenvalue weighted by atomic mass is 16.5. The molecule has 142 valence electrons. The maximum absolute atomic E-state index is 12.5. The average Bonchev–Trinajstić information content (AvgIpc) is 2.69. The van der Waals surface area contributed by atoms with Crippen LogP contribution in [0.25, 0.3) is 0 Å². The van der Waals surface area contributed by atoms with E-state index >= 15 is 0 Å². The van der Waals surface area contributed by atoms with E-state index in [-0.39, 0.29) is 24.3 Å². The molecule has 2 aliphatic rings. The molecule has 0 spiro atoms. The summed E-state index contributed by atoms with van der Waals surface area (Å²) < 4.78 is 5.53. The number of ether oxygens (including phenoxy) is 1. The molecule has 1 aliphatic heterocycles. The Morgan fingerprint density at radius 1 is 1.04 bits per heavy atom. The van der Waals surface area contributed by atoms with E-state index in [1.807, 2.05) is 35.2 Å². The Hall–Kier alpha value is -2.04. The van der Waals surface area contributed by atoms with Crippen LogP contribution in [0, 0.1) is 11.8 Å². The van der Waals surface area contributed by atoms with E-state index in [0.717, 1.165) is 31.6 Å². The molecule has 26 heavy (non-hydrogen) atoms. The van der Waals surface area contributed by atoms with Gasteiger partial charge in [0.25, 0.3) is 5.91 Å². The molecule has 0 radical (unpaired) electrons. The topological polar surface area (TPSA) is 58.6 Å². The third-order valence-corrected chi connectivity index (χ3v) is 5.69. The summed E-state index contributed by atoms with van der Waals surface area (Å²) in [6.45, 7) is 3.61. The van der Waals surface area contributed by atoms with E-state index in [4.69, 9.17) is 4.74 Å². The minimum atomic E-state index is -0.00557. The van der Waals surface area contributed by atoms with Gasteiger partial charge in [0, 0.05) is 25.0 Å². The fourth-order valence-electron chi connectivity index (χ4n) is 3.87. The van der Waals surface area contributed by atoms with Crippen molar-refractivity contribution in [3.05, 3.63) is 30.3 Å². The van der Waals surface area contributed by atoms with Gasteiger partial charge in [0.15, 0.2) is 6.61 Å². The molecule has 0 unspecified atom stereocenters. The van der Waals surface area contributed by atoms with Gasteiger partial charge in [-0.05, 0) is 56.6 Å². The number of hydrogen-bond donors (Lipinski definition) is 1. The molecule has 0 bridgehead atoms.